The van der Waals surface area contributed by atoms with Crippen molar-refractivity contribution in [1.29, 1.82) is 0 Å². The first-order valence-corrected chi connectivity index (χ1v) is 6.38. The highest BCUT2D eigenvalue weighted by Crippen LogP contribution is 2.06. The summed E-state index contributed by atoms with van der Waals surface area (Å²) in [7, 11) is 0. The quantitative estimate of drug-likeness (QED) is 0.667. The van der Waals surface area contributed by atoms with Gasteiger partial charge in [-0.05, 0) is 37.7 Å². The van der Waals surface area contributed by atoms with Gasteiger partial charge in [-0.2, -0.15) is 14.9 Å². The highest BCUT2D eigenvalue weighted by molar-refractivity contribution is 7.71. The van der Waals surface area contributed by atoms with E-state index >= 15 is 0 Å². The van der Waals surface area contributed by atoms with Crippen LogP contribution in [0.5, 0.6) is 0 Å². The van der Waals surface area contributed by atoms with Crippen molar-refractivity contribution in [3.8, 4) is 0 Å². The van der Waals surface area contributed by atoms with E-state index in [2.05, 4.69) is 22.2 Å². The average Bonchev–Trinajstić information content (AvgIpc) is 2.91. The molecule has 2 rings (SSSR count). The maximum absolute atomic E-state index is 5.42. The molecule has 0 aliphatic carbocycles. The van der Waals surface area contributed by atoms with Crippen molar-refractivity contribution in [2.75, 3.05) is 0 Å². The Hall–Kier alpha value is -1.69. The number of unbranched alkanes of at least 4 members (excludes halogenated alkanes) is 1. The molecule has 0 aliphatic rings. The second-order valence-corrected chi connectivity index (χ2v) is 4.44. The van der Waals surface area contributed by atoms with E-state index < -0.39 is 0 Å². The normalized spacial score (nSPS) is 11.4. The number of furan rings is 1. The van der Waals surface area contributed by atoms with Crippen LogP contribution in [-0.2, 0) is 6.42 Å². The molecule has 0 amide bonds. The van der Waals surface area contributed by atoms with Gasteiger partial charge in [0.05, 0.1) is 6.21 Å². The van der Waals surface area contributed by atoms with Crippen LogP contribution in [0, 0.1) is 11.7 Å². The number of nitrogens with zero attached hydrogens (tertiary/aromatic N) is 3. The first-order valence-electron chi connectivity index (χ1n) is 5.98. The Morgan fingerprint density at radius 1 is 1.56 bits per heavy atom. The molecule has 1 N–H and O–H groups in total. The number of rotatable bonds is 5. The number of aromatic amines is 1. The maximum atomic E-state index is 5.42. The number of aromatic nitrogens is 3. The molecule has 2 aromatic heterocycles. The number of H-pyrrole nitrogens is 1. The van der Waals surface area contributed by atoms with Gasteiger partial charge >= 0.3 is 0 Å². The van der Waals surface area contributed by atoms with Crippen LogP contribution in [0.15, 0.2) is 21.7 Å². The highest BCUT2D eigenvalue weighted by Gasteiger charge is 2.04. The third-order valence-electron chi connectivity index (χ3n) is 2.53. The molecule has 0 saturated carbocycles. The van der Waals surface area contributed by atoms with Crippen LogP contribution in [0.4, 0.5) is 0 Å². The summed E-state index contributed by atoms with van der Waals surface area (Å²) in [5.41, 5.74) is 0. The third-order valence-corrected chi connectivity index (χ3v) is 2.80. The van der Waals surface area contributed by atoms with Crippen molar-refractivity contribution in [3.63, 3.8) is 0 Å². The van der Waals surface area contributed by atoms with Crippen molar-refractivity contribution in [3.05, 3.63) is 34.2 Å². The van der Waals surface area contributed by atoms with Crippen LogP contribution in [0.25, 0.3) is 0 Å². The van der Waals surface area contributed by atoms with Gasteiger partial charge in [-0.1, -0.05) is 13.3 Å². The molecular weight excluding hydrogens is 248 g/mol. The van der Waals surface area contributed by atoms with Crippen LogP contribution in [-0.4, -0.2) is 21.1 Å². The molecule has 0 unspecified atom stereocenters. The zero-order chi connectivity index (χ0) is 13.0. The van der Waals surface area contributed by atoms with Crippen LogP contribution in [0.2, 0.25) is 0 Å². The third kappa shape index (κ3) is 2.95. The number of hydrogen-bond donors (Lipinski definition) is 1. The first-order chi connectivity index (χ1) is 8.70. The fourth-order valence-corrected chi connectivity index (χ4v) is 1.78. The van der Waals surface area contributed by atoms with Crippen LogP contribution in [0.1, 0.15) is 37.1 Å². The molecule has 0 saturated heterocycles. The number of nitrogens with one attached hydrogen (secondary N) is 1. The van der Waals surface area contributed by atoms with Gasteiger partial charge in [0.1, 0.15) is 11.5 Å². The lowest BCUT2D eigenvalue weighted by atomic mass is 10.2. The Morgan fingerprint density at radius 2 is 2.39 bits per heavy atom. The van der Waals surface area contributed by atoms with Crippen molar-refractivity contribution in [1.82, 2.24) is 14.9 Å². The van der Waals surface area contributed by atoms with E-state index in [0.717, 1.165) is 30.8 Å². The number of aryl methyl sites for hydroxylation is 2. The van der Waals surface area contributed by atoms with Crippen LogP contribution < -0.4 is 0 Å². The van der Waals surface area contributed by atoms with Gasteiger partial charge in [-0.3, -0.25) is 5.10 Å². The molecule has 2 aromatic rings. The predicted octanol–water partition coefficient (Wildman–Crippen LogP) is 3.07. The predicted molar refractivity (Wildman–Crippen MR) is 72.5 cm³/mol. The van der Waals surface area contributed by atoms with Crippen molar-refractivity contribution in [2.24, 2.45) is 5.10 Å². The Morgan fingerprint density at radius 3 is 3.06 bits per heavy atom. The topological polar surface area (TPSA) is 59.1 Å². The molecule has 96 valence electrons. The molecule has 0 radical (unpaired) electrons. The minimum Gasteiger partial charge on any atom is -0.460 e. The summed E-state index contributed by atoms with van der Waals surface area (Å²) in [5.74, 6) is 2.41. The van der Waals surface area contributed by atoms with Crippen molar-refractivity contribution >= 4 is 18.4 Å². The summed E-state index contributed by atoms with van der Waals surface area (Å²) in [4.78, 5) is 0. The largest absolute Gasteiger partial charge is 0.460 e. The lowest BCUT2D eigenvalue weighted by molar-refractivity contribution is 0.527. The van der Waals surface area contributed by atoms with Gasteiger partial charge in [0, 0.05) is 6.42 Å². The molecular formula is C12H16N4OS. The van der Waals surface area contributed by atoms with Gasteiger partial charge in [0.2, 0.25) is 4.77 Å². The lowest BCUT2D eigenvalue weighted by Crippen LogP contribution is -1.99. The summed E-state index contributed by atoms with van der Waals surface area (Å²) in [6.07, 6.45) is 4.68. The summed E-state index contributed by atoms with van der Waals surface area (Å²) in [6.45, 7) is 4.04. The Balaban J connectivity index is 2.20. The number of hydrogen-bond acceptors (Lipinski definition) is 4. The second-order valence-electron chi connectivity index (χ2n) is 4.05. The fraction of sp³-hybridized carbons (Fsp3) is 0.417. The second kappa shape index (κ2) is 5.77. The van der Waals surface area contributed by atoms with Gasteiger partial charge < -0.3 is 4.42 Å². The molecule has 5 nitrogen and oxygen atoms in total. The molecule has 0 atom stereocenters. The standard InChI is InChI=1S/C12H16N4OS/c1-3-4-5-11-14-15-12(18)16(11)13-8-10-7-6-9(2)17-10/h6-8H,3-5H2,1-2H3,(H,15,18)/b13-8+. The zero-order valence-corrected chi connectivity index (χ0v) is 11.3. The SMILES string of the molecule is CCCCc1n[nH]c(=S)n1/N=C/c1ccc(C)o1. The summed E-state index contributed by atoms with van der Waals surface area (Å²) < 4.78 is 7.56. The maximum Gasteiger partial charge on any atom is 0.216 e. The van der Waals surface area contributed by atoms with E-state index in [1.54, 1.807) is 10.9 Å². The fourth-order valence-electron chi connectivity index (χ4n) is 1.58. The van der Waals surface area contributed by atoms with Crippen LogP contribution in [0.3, 0.4) is 0 Å². The molecule has 2 heterocycles. The summed E-state index contributed by atoms with van der Waals surface area (Å²) in [6, 6.07) is 3.77. The van der Waals surface area contributed by atoms with E-state index in [1.165, 1.54) is 0 Å². The van der Waals surface area contributed by atoms with Gasteiger partial charge in [0.15, 0.2) is 5.82 Å². The summed E-state index contributed by atoms with van der Waals surface area (Å²) >= 11 is 5.14. The first kappa shape index (κ1) is 12.8. The minimum absolute atomic E-state index is 0.501. The Bertz CT molecular complexity index is 593. The average molecular weight is 264 g/mol. The van der Waals surface area contributed by atoms with Crippen LogP contribution >= 0.6 is 12.2 Å². The molecule has 0 aromatic carbocycles. The van der Waals surface area contributed by atoms with Gasteiger partial charge in [-0.25, -0.2) is 0 Å². The van der Waals surface area contributed by atoms with Crippen molar-refractivity contribution < 1.29 is 4.42 Å². The molecule has 0 spiro atoms. The molecule has 18 heavy (non-hydrogen) atoms. The highest BCUT2D eigenvalue weighted by atomic mass is 32.1. The van der Waals surface area contributed by atoms with Gasteiger partial charge in [-0.15, -0.1) is 0 Å². The molecule has 0 aliphatic heterocycles. The lowest BCUT2D eigenvalue weighted by Gasteiger charge is -1.98. The van der Waals surface area contributed by atoms with E-state index in [0.29, 0.717) is 10.5 Å². The Labute approximate surface area is 111 Å². The Kier molecular flexibility index (Phi) is 4.09. The monoisotopic (exact) mass is 264 g/mol. The van der Waals surface area contributed by atoms with E-state index in [-0.39, 0.29) is 0 Å². The van der Waals surface area contributed by atoms with Gasteiger partial charge in [0.25, 0.3) is 0 Å². The molecule has 6 heteroatoms. The summed E-state index contributed by atoms with van der Waals surface area (Å²) in [5, 5.41) is 11.2. The van der Waals surface area contributed by atoms with E-state index in [4.69, 9.17) is 16.6 Å². The van der Waals surface area contributed by atoms with Crippen molar-refractivity contribution in [2.45, 2.75) is 33.1 Å². The van der Waals surface area contributed by atoms with E-state index in [1.807, 2.05) is 19.1 Å². The zero-order valence-electron chi connectivity index (χ0n) is 10.5. The minimum atomic E-state index is 0.501. The molecule has 0 fully saturated rings. The smallest absolute Gasteiger partial charge is 0.216 e. The molecule has 0 bridgehead atoms. The van der Waals surface area contributed by atoms with E-state index in [9.17, 15) is 0 Å².